The summed E-state index contributed by atoms with van der Waals surface area (Å²) in [5, 5.41) is 3.45. The monoisotopic (exact) mass is 183 g/mol. The Morgan fingerprint density at radius 2 is 2.23 bits per heavy atom. The molecule has 2 heteroatoms. The Morgan fingerprint density at radius 3 is 2.77 bits per heavy atom. The van der Waals surface area contributed by atoms with Crippen LogP contribution in [-0.2, 0) is 4.74 Å². The quantitative estimate of drug-likeness (QED) is 0.676. The van der Waals surface area contributed by atoms with Gasteiger partial charge in [0.1, 0.15) is 0 Å². The topological polar surface area (TPSA) is 21.3 Å². The molecule has 2 fully saturated rings. The summed E-state index contributed by atoms with van der Waals surface area (Å²) < 4.78 is 5.35. The van der Waals surface area contributed by atoms with E-state index in [0.717, 1.165) is 25.0 Å². The highest BCUT2D eigenvalue weighted by atomic mass is 16.5. The highest BCUT2D eigenvalue weighted by Gasteiger charge is 2.61. The Kier molecular flexibility index (Phi) is 2.61. The number of methoxy groups -OCH3 is 1. The zero-order valence-electron chi connectivity index (χ0n) is 8.81. The Balaban J connectivity index is 1.81. The molecule has 0 saturated heterocycles. The highest BCUT2D eigenvalue weighted by molar-refractivity contribution is 5.10. The van der Waals surface area contributed by atoms with Crippen LogP contribution in [0.2, 0.25) is 0 Å². The number of rotatable bonds is 6. The van der Waals surface area contributed by atoms with E-state index < -0.39 is 0 Å². The van der Waals surface area contributed by atoms with Crippen molar-refractivity contribution in [3.8, 4) is 0 Å². The van der Waals surface area contributed by atoms with Crippen LogP contribution in [-0.4, -0.2) is 26.8 Å². The van der Waals surface area contributed by atoms with Crippen molar-refractivity contribution in [3.05, 3.63) is 0 Å². The van der Waals surface area contributed by atoms with Gasteiger partial charge in [-0.15, -0.1) is 0 Å². The van der Waals surface area contributed by atoms with Crippen LogP contribution in [0.1, 0.15) is 26.2 Å². The van der Waals surface area contributed by atoms with Crippen molar-refractivity contribution in [1.82, 2.24) is 5.32 Å². The van der Waals surface area contributed by atoms with Gasteiger partial charge in [-0.05, 0) is 44.2 Å². The Morgan fingerprint density at radius 1 is 1.46 bits per heavy atom. The van der Waals surface area contributed by atoms with E-state index in [2.05, 4.69) is 12.2 Å². The third-order valence-electron chi connectivity index (χ3n) is 3.72. The third kappa shape index (κ3) is 1.75. The van der Waals surface area contributed by atoms with Crippen molar-refractivity contribution in [3.63, 3.8) is 0 Å². The van der Waals surface area contributed by atoms with Gasteiger partial charge in [-0.3, -0.25) is 0 Å². The molecule has 2 unspecified atom stereocenters. The molecule has 0 bridgehead atoms. The molecule has 0 aliphatic heterocycles. The molecule has 0 amide bonds. The van der Waals surface area contributed by atoms with Gasteiger partial charge in [-0.2, -0.15) is 0 Å². The van der Waals surface area contributed by atoms with Gasteiger partial charge in [0, 0.05) is 12.5 Å². The molecule has 0 aromatic rings. The first-order valence-corrected chi connectivity index (χ1v) is 5.53. The maximum Gasteiger partial charge on any atom is 0.0524 e. The molecule has 0 aromatic carbocycles. The zero-order chi connectivity index (χ0) is 9.31. The Hall–Kier alpha value is -0.0800. The smallest absolute Gasteiger partial charge is 0.0524 e. The Bertz CT molecular complexity index is 179. The van der Waals surface area contributed by atoms with Gasteiger partial charge in [0.25, 0.3) is 0 Å². The summed E-state index contributed by atoms with van der Waals surface area (Å²) in [6, 6.07) is 0. The van der Waals surface area contributed by atoms with E-state index in [1.165, 1.54) is 25.8 Å². The Labute approximate surface area is 81.0 Å². The largest absolute Gasteiger partial charge is 0.384 e. The second-order valence-corrected chi connectivity index (χ2v) is 4.65. The van der Waals surface area contributed by atoms with E-state index in [0.29, 0.717) is 5.41 Å². The number of nitrogens with one attached hydrogen (secondary N) is 1. The van der Waals surface area contributed by atoms with Crippen LogP contribution in [0.15, 0.2) is 0 Å². The summed E-state index contributed by atoms with van der Waals surface area (Å²) in [7, 11) is 1.84. The van der Waals surface area contributed by atoms with Gasteiger partial charge in [0.15, 0.2) is 0 Å². The molecular weight excluding hydrogens is 162 g/mol. The van der Waals surface area contributed by atoms with Gasteiger partial charge in [-0.25, -0.2) is 0 Å². The molecule has 2 aliphatic carbocycles. The van der Waals surface area contributed by atoms with Crippen molar-refractivity contribution in [2.75, 3.05) is 26.8 Å². The average molecular weight is 183 g/mol. The minimum atomic E-state index is 0.594. The SMILES string of the molecule is CCNCC1CC1(COC)C1CC1. The molecular formula is C11H21NO. The molecule has 1 N–H and O–H groups in total. The fraction of sp³-hybridized carbons (Fsp3) is 1.00. The summed E-state index contributed by atoms with van der Waals surface area (Å²) in [6.07, 6.45) is 4.30. The normalized spacial score (nSPS) is 37.8. The first-order valence-electron chi connectivity index (χ1n) is 5.53. The van der Waals surface area contributed by atoms with Crippen LogP contribution < -0.4 is 5.32 Å². The molecule has 0 heterocycles. The van der Waals surface area contributed by atoms with Crippen molar-refractivity contribution in [2.45, 2.75) is 26.2 Å². The third-order valence-corrected chi connectivity index (χ3v) is 3.72. The van der Waals surface area contributed by atoms with Crippen LogP contribution >= 0.6 is 0 Å². The van der Waals surface area contributed by atoms with Crippen LogP contribution in [0.3, 0.4) is 0 Å². The number of hydrogen-bond acceptors (Lipinski definition) is 2. The lowest BCUT2D eigenvalue weighted by Gasteiger charge is -2.15. The molecule has 2 rings (SSSR count). The molecule has 2 aliphatic rings. The molecule has 0 spiro atoms. The van der Waals surface area contributed by atoms with E-state index in [9.17, 15) is 0 Å². The first kappa shape index (κ1) is 9.47. The van der Waals surface area contributed by atoms with Gasteiger partial charge in [0.2, 0.25) is 0 Å². The second-order valence-electron chi connectivity index (χ2n) is 4.65. The molecule has 76 valence electrons. The summed E-state index contributed by atoms with van der Waals surface area (Å²) in [5.41, 5.74) is 0.594. The van der Waals surface area contributed by atoms with E-state index >= 15 is 0 Å². The second kappa shape index (κ2) is 3.58. The maximum atomic E-state index is 5.35. The zero-order valence-corrected chi connectivity index (χ0v) is 8.81. The fourth-order valence-corrected chi connectivity index (χ4v) is 2.72. The standard InChI is InChI=1S/C11H21NO/c1-3-12-7-10-6-11(10,8-13-2)9-4-5-9/h9-10,12H,3-8H2,1-2H3. The lowest BCUT2D eigenvalue weighted by atomic mass is 9.98. The van der Waals surface area contributed by atoms with Crippen LogP contribution in [0.25, 0.3) is 0 Å². The van der Waals surface area contributed by atoms with Crippen LogP contribution in [0.4, 0.5) is 0 Å². The number of hydrogen-bond donors (Lipinski definition) is 1. The molecule has 0 radical (unpaired) electrons. The van der Waals surface area contributed by atoms with E-state index in [4.69, 9.17) is 4.74 Å². The first-order chi connectivity index (χ1) is 6.33. The maximum absolute atomic E-state index is 5.35. The van der Waals surface area contributed by atoms with Crippen LogP contribution in [0, 0.1) is 17.3 Å². The van der Waals surface area contributed by atoms with Crippen molar-refractivity contribution >= 4 is 0 Å². The minimum absolute atomic E-state index is 0.594. The highest BCUT2D eigenvalue weighted by Crippen LogP contribution is 2.65. The number of ether oxygens (including phenoxy) is 1. The van der Waals surface area contributed by atoms with Crippen molar-refractivity contribution < 1.29 is 4.74 Å². The van der Waals surface area contributed by atoms with Gasteiger partial charge in [0.05, 0.1) is 6.61 Å². The fourth-order valence-electron chi connectivity index (χ4n) is 2.72. The van der Waals surface area contributed by atoms with E-state index in [-0.39, 0.29) is 0 Å². The van der Waals surface area contributed by atoms with Gasteiger partial charge < -0.3 is 10.1 Å². The van der Waals surface area contributed by atoms with Crippen molar-refractivity contribution in [2.24, 2.45) is 17.3 Å². The molecule has 13 heavy (non-hydrogen) atoms. The average Bonchev–Trinajstić information content (AvgIpc) is 2.97. The van der Waals surface area contributed by atoms with E-state index in [1.807, 2.05) is 7.11 Å². The minimum Gasteiger partial charge on any atom is -0.384 e. The summed E-state index contributed by atoms with van der Waals surface area (Å²) in [4.78, 5) is 0. The summed E-state index contributed by atoms with van der Waals surface area (Å²) in [6.45, 7) is 5.48. The molecule has 2 atom stereocenters. The predicted molar refractivity (Wildman–Crippen MR) is 53.7 cm³/mol. The molecule has 2 saturated carbocycles. The van der Waals surface area contributed by atoms with Gasteiger partial charge >= 0.3 is 0 Å². The van der Waals surface area contributed by atoms with Crippen molar-refractivity contribution in [1.29, 1.82) is 0 Å². The predicted octanol–water partition coefficient (Wildman–Crippen LogP) is 1.66. The summed E-state index contributed by atoms with van der Waals surface area (Å²) in [5.74, 6) is 1.90. The molecule has 0 aromatic heterocycles. The van der Waals surface area contributed by atoms with Crippen LogP contribution in [0.5, 0.6) is 0 Å². The van der Waals surface area contributed by atoms with E-state index in [1.54, 1.807) is 0 Å². The van der Waals surface area contributed by atoms with Gasteiger partial charge in [-0.1, -0.05) is 6.92 Å². The molecule has 2 nitrogen and oxygen atoms in total. The lowest BCUT2D eigenvalue weighted by molar-refractivity contribution is 0.119. The summed E-state index contributed by atoms with van der Waals surface area (Å²) >= 11 is 0. The lowest BCUT2D eigenvalue weighted by Crippen LogP contribution is -2.22.